The van der Waals surface area contributed by atoms with Gasteiger partial charge in [0.05, 0.1) is 12.2 Å². The standard InChI is InChI=1S/C29H23NO5S/c1-2-34-29(33)25-23(18-9-5-3-6-10-18)17-36-27(25)30-26(31)20-13-14-22-21(15-20)16-24(35-28(22)32)19-11-7-4-8-12-19/h3-15,17,24H,2,16H2,1H3,(H,30,31)/t24-/m0/s1. The number of fused-ring (bicyclic) bond motifs is 1. The molecule has 1 aliphatic heterocycles. The maximum atomic E-state index is 13.2. The summed E-state index contributed by atoms with van der Waals surface area (Å²) in [6, 6.07) is 23.9. The number of nitrogens with one attached hydrogen (secondary N) is 1. The number of carbonyl (C=O) groups is 3. The summed E-state index contributed by atoms with van der Waals surface area (Å²) in [5.41, 5.74) is 4.37. The normalized spacial score (nSPS) is 14.5. The summed E-state index contributed by atoms with van der Waals surface area (Å²) in [6.45, 7) is 1.96. The van der Waals surface area contributed by atoms with Gasteiger partial charge in [0.25, 0.3) is 5.91 Å². The Kier molecular flexibility index (Phi) is 6.64. The van der Waals surface area contributed by atoms with Crippen molar-refractivity contribution in [3.05, 3.63) is 112 Å². The van der Waals surface area contributed by atoms with Gasteiger partial charge in [-0.2, -0.15) is 0 Å². The highest BCUT2D eigenvalue weighted by atomic mass is 32.1. The first-order valence-electron chi connectivity index (χ1n) is 11.6. The third kappa shape index (κ3) is 4.65. The van der Waals surface area contributed by atoms with Crippen LogP contribution >= 0.6 is 11.3 Å². The van der Waals surface area contributed by atoms with Crippen molar-refractivity contribution in [2.75, 3.05) is 11.9 Å². The predicted molar refractivity (Wildman–Crippen MR) is 138 cm³/mol. The van der Waals surface area contributed by atoms with Gasteiger partial charge in [-0.3, -0.25) is 4.79 Å². The lowest BCUT2D eigenvalue weighted by atomic mass is 9.93. The zero-order valence-electron chi connectivity index (χ0n) is 19.5. The van der Waals surface area contributed by atoms with E-state index >= 15 is 0 Å². The first-order valence-corrected chi connectivity index (χ1v) is 12.5. The fourth-order valence-electron chi connectivity index (χ4n) is 4.25. The van der Waals surface area contributed by atoms with E-state index in [0.717, 1.165) is 16.7 Å². The number of esters is 2. The second kappa shape index (κ2) is 10.2. The molecule has 0 saturated heterocycles. The summed E-state index contributed by atoms with van der Waals surface area (Å²) in [7, 11) is 0. The molecular weight excluding hydrogens is 474 g/mol. The Morgan fingerprint density at radius 2 is 1.72 bits per heavy atom. The lowest BCUT2D eigenvalue weighted by Crippen LogP contribution is -2.23. The van der Waals surface area contributed by atoms with Crippen LogP contribution in [0, 0.1) is 0 Å². The van der Waals surface area contributed by atoms with Crippen molar-refractivity contribution < 1.29 is 23.9 Å². The van der Waals surface area contributed by atoms with Crippen LogP contribution in [0.25, 0.3) is 11.1 Å². The molecule has 36 heavy (non-hydrogen) atoms. The number of cyclic esters (lactones) is 1. The van der Waals surface area contributed by atoms with Crippen LogP contribution in [0.2, 0.25) is 0 Å². The molecule has 0 spiro atoms. The summed E-state index contributed by atoms with van der Waals surface area (Å²) >= 11 is 1.27. The number of hydrogen-bond donors (Lipinski definition) is 1. The van der Waals surface area contributed by atoms with E-state index < -0.39 is 18.0 Å². The Hall–Kier alpha value is -4.23. The first kappa shape index (κ1) is 23.5. The minimum absolute atomic E-state index is 0.222. The van der Waals surface area contributed by atoms with Crippen LogP contribution in [0.15, 0.2) is 84.2 Å². The number of ether oxygens (including phenoxy) is 2. The minimum atomic E-state index is -0.494. The molecule has 0 saturated carbocycles. The number of amides is 1. The maximum Gasteiger partial charge on any atom is 0.341 e. The van der Waals surface area contributed by atoms with E-state index in [1.54, 1.807) is 25.1 Å². The Balaban J connectivity index is 1.43. The summed E-state index contributed by atoms with van der Waals surface area (Å²) in [6.07, 6.45) is 0.0583. The quantitative estimate of drug-likeness (QED) is 0.316. The number of hydrogen-bond acceptors (Lipinski definition) is 6. The highest BCUT2D eigenvalue weighted by molar-refractivity contribution is 7.15. The SMILES string of the molecule is CCOC(=O)c1c(-c2ccccc2)csc1NC(=O)c1ccc2c(c1)C[C@@H](c1ccccc1)OC2=O. The lowest BCUT2D eigenvalue weighted by molar-refractivity contribution is 0.0252. The molecule has 1 amide bonds. The highest BCUT2D eigenvalue weighted by Crippen LogP contribution is 2.37. The van der Waals surface area contributed by atoms with Gasteiger partial charge in [-0.1, -0.05) is 60.7 Å². The monoisotopic (exact) mass is 497 g/mol. The van der Waals surface area contributed by atoms with Crippen LogP contribution in [0.5, 0.6) is 0 Å². The van der Waals surface area contributed by atoms with Crippen LogP contribution in [-0.4, -0.2) is 24.5 Å². The summed E-state index contributed by atoms with van der Waals surface area (Å²) in [5, 5.41) is 5.13. The summed E-state index contributed by atoms with van der Waals surface area (Å²) < 4.78 is 10.9. The maximum absolute atomic E-state index is 13.2. The van der Waals surface area contributed by atoms with Gasteiger partial charge in [-0.05, 0) is 41.8 Å². The van der Waals surface area contributed by atoms with Crippen LogP contribution < -0.4 is 5.32 Å². The topological polar surface area (TPSA) is 81.7 Å². The molecule has 180 valence electrons. The second-order valence-electron chi connectivity index (χ2n) is 8.27. The molecule has 6 nitrogen and oxygen atoms in total. The van der Waals surface area contributed by atoms with Gasteiger partial charge in [0.15, 0.2) is 0 Å². The molecule has 0 unspecified atom stereocenters. The van der Waals surface area contributed by atoms with Gasteiger partial charge >= 0.3 is 11.9 Å². The van der Waals surface area contributed by atoms with E-state index in [0.29, 0.717) is 33.7 Å². The number of carbonyl (C=O) groups excluding carboxylic acids is 3. The van der Waals surface area contributed by atoms with Gasteiger partial charge in [-0.25, -0.2) is 9.59 Å². The molecule has 1 aliphatic rings. The van der Waals surface area contributed by atoms with Gasteiger partial charge in [0, 0.05) is 22.9 Å². The molecule has 0 fully saturated rings. The van der Waals surface area contributed by atoms with Crippen molar-refractivity contribution in [2.45, 2.75) is 19.4 Å². The third-order valence-corrected chi connectivity index (χ3v) is 6.89. The first-order chi connectivity index (χ1) is 17.5. The number of rotatable bonds is 6. The van der Waals surface area contributed by atoms with E-state index in [1.807, 2.05) is 66.0 Å². The van der Waals surface area contributed by atoms with Gasteiger partial charge in [0.2, 0.25) is 0 Å². The third-order valence-electron chi connectivity index (χ3n) is 6.00. The number of anilines is 1. The highest BCUT2D eigenvalue weighted by Gasteiger charge is 2.29. The minimum Gasteiger partial charge on any atom is -0.462 e. The average molecular weight is 498 g/mol. The Labute approximate surface area is 212 Å². The zero-order valence-corrected chi connectivity index (χ0v) is 20.3. The van der Waals surface area contributed by atoms with E-state index in [9.17, 15) is 14.4 Å². The Morgan fingerprint density at radius 1 is 1.00 bits per heavy atom. The molecule has 5 rings (SSSR count). The smallest absolute Gasteiger partial charge is 0.341 e. The van der Waals surface area contributed by atoms with Gasteiger partial charge < -0.3 is 14.8 Å². The zero-order chi connectivity index (χ0) is 25.1. The number of thiophene rings is 1. The predicted octanol–water partition coefficient (Wildman–Crippen LogP) is 6.30. The van der Waals surface area contributed by atoms with Crippen LogP contribution in [0.1, 0.15) is 55.2 Å². The fraction of sp³-hybridized carbons (Fsp3) is 0.138. The average Bonchev–Trinajstić information content (AvgIpc) is 3.33. The molecule has 2 heterocycles. The Morgan fingerprint density at radius 3 is 2.44 bits per heavy atom. The molecule has 1 aromatic heterocycles. The van der Waals surface area contributed by atoms with Crippen LogP contribution in [-0.2, 0) is 15.9 Å². The molecule has 4 aromatic rings. The van der Waals surface area contributed by atoms with Gasteiger partial charge in [0.1, 0.15) is 16.7 Å². The van der Waals surface area contributed by atoms with E-state index in [2.05, 4.69) is 5.32 Å². The van der Waals surface area contributed by atoms with Crippen LogP contribution in [0.3, 0.4) is 0 Å². The molecule has 7 heteroatoms. The molecule has 0 radical (unpaired) electrons. The molecular formula is C29H23NO5S. The Bertz CT molecular complexity index is 1430. The second-order valence-corrected chi connectivity index (χ2v) is 9.15. The number of benzene rings is 3. The van der Waals surface area contributed by atoms with Crippen molar-refractivity contribution in [2.24, 2.45) is 0 Å². The van der Waals surface area contributed by atoms with Crippen molar-refractivity contribution in [1.29, 1.82) is 0 Å². The van der Waals surface area contributed by atoms with Crippen molar-refractivity contribution >= 4 is 34.2 Å². The lowest BCUT2D eigenvalue weighted by Gasteiger charge is -2.25. The summed E-state index contributed by atoms with van der Waals surface area (Å²) in [5.74, 6) is -1.28. The molecule has 1 atom stereocenters. The van der Waals surface area contributed by atoms with E-state index in [1.165, 1.54) is 11.3 Å². The fourth-order valence-corrected chi connectivity index (χ4v) is 5.20. The van der Waals surface area contributed by atoms with Crippen molar-refractivity contribution in [3.8, 4) is 11.1 Å². The van der Waals surface area contributed by atoms with Crippen molar-refractivity contribution in [1.82, 2.24) is 0 Å². The molecule has 0 aliphatic carbocycles. The van der Waals surface area contributed by atoms with Gasteiger partial charge in [-0.15, -0.1) is 11.3 Å². The van der Waals surface area contributed by atoms with E-state index in [4.69, 9.17) is 9.47 Å². The molecule has 3 aromatic carbocycles. The largest absolute Gasteiger partial charge is 0.462 e. The molecule has 1 N–H and O–H groups in total. The van der Waals surface area contributed by atoms with Crippen molar-refractivity contribution in [3.63, 3.8) is 0 Å². The van der Waals surface area contributed by atoms with Crippen LogP contribution in [0.4, 0.5) is 5.00 Å². The molecule has 0 bridgehead atoms. The summed E-state index contributed by atoms with van der Waals surface area (Å²) in [4.78, 5) is 38.6. The van der Waals surface area contributed by atoms with E-state index in [-0.39, 0.29) is 12.5 Å².